The Bertz CT molecular complexity index is 471. The summed E-state index contributed by atoms with van der Waals surface area (Å²) in [6, 6.07) is 3.60. The highest BCUT2D eigenvalue weighted by molar-refractivity contribution is 5.75. The standard InChI is InChI=1S/C14H18O4/c1-9(2)8-11-6-7-12(16-4)14(17-5)13(11)18-10(3)15/h6-8H,1-5H3. The van der Waals surface area contributed by atoms with Gasteiger partial charge < -0.3 is 14.2 Å². The van der Waals surface area contributed by atoms with Crippen LogP contribution in [0.4, 0.5) is 0 Å². The van der Waals surface area contributed by atoms with Crippen molar-refractivity contribution in [2.75, 3.05) is 14.2 Å². The van der Waals surface area contributed by atoms with Crippen LogP contribution in [0.5, 0.6) is 17.2 Å². The van der Waals surface area contributed by atoms with E-state index < -0.39 is 5.97 Å². The Morgan fingerprint density at radius 3 is 2.17 bits per heavy atom. The van der Waals surface area contributed by atoms with Gasteiger partial charge in [-0.05, 0) is 26.0 Å². The molecule has 0 unspecified atom stereocenters. The molecule has 0 aromatic heterocycles. The molecule has 0 radical (unpaired) electrons. The van der Waals surface area contributed by atoms with Gasteiger partial charge in [0.25, 0.3) is 0 Å². The maximum Gasteiger partial charge on any atom is 0.308 e. The summed E-state index contributed by atoms with van der Waals surface area (Å²) < 4.78 is 15.7. The number of esters is 1. The van der Waals surface area contributed by atoms with E-state index in [9.17, 15) is 4.79 Å². The Morgan fingerprint density at radius 1 is 1.06 bits per heavy atom. The van der Waals surface area contributed by atoms with Crippen LogP contribution in [0.1, 0.15) is 26.3 Å². The topological polar surface area (TPSA) is 44.8 Å². The molecule has 1 rings (SSSR count). The minimum Gasteiger partial charge on any atom is -0.493 e. The zero-order valence-corrected chi connectivity index (χ0v) is 11.4. The van der Waals surface area contributed by atoms with Crippen molar-refractivity contribution in [1.29, 1.82) is 0 Å². The molecular formula is C14H18O4. The first-order valence-corrected chi connectivity index (χ1v) is 5.58. The highest BCUT2D eigenvalue weighted by atomic mass is 16.6. The number of hydrogen-bond donors (Lipinski definition) is 0. The maximum absolute atomic E-state index is 11.2. The molecule has 0 heterocycles. The molecule has 0 aliphatic heterocycles. The third kappa shape index (κ3) is 3.26. The predicted molar refractivity (Wildman–Crippen MR) is 70.2 cm³/mol. The fraction of sp³-hybridized carbons (Fsp3) is 0.357. The lowest BCUT2D eigenvalue weighted by atomic mass is 10.1. The van der Waals surface area contributed by atoms with Gasteiger partial charge in [0, 0.05) is 12.5 Å². The van der Waals surface area contributed by atoms with E-state index in [1.165, 1.54) is 21.1 Å². The van der Waals surface area contributed by atoms with Gasteiger partial charge in [-0.2, -0.15) is 0 Å². The first kappa shape index (κ1) is 14.1. The van der Waals surface area contributed by atoms with E-state index in [1.807, 2.05) is 26.0 Å². The smallest absolute Gasteiger partial charge is 0.308 e. The molecule has 1 aromatic rings. The van der Waals surface area contributed by atoms with Gasteiger partial charge in [0.15, 0.2) is 11.5 Å². The van der Waals surface area contributed by atoms with E-state index in [4.69, 9.17) is 14.2 Å². The first-order chi connectivity index (χ1) is 8.49. The van der Waals surface area contributed by atoms with Gasteiger partial charge in [0.05, 0.1) is 14.2 Å². The molecule has 98 valence electrons. The van der Waals surface area contributed by atoms with Gasteiger partial charge in [-0.1, -0.05) is 11.6 Å². The second kappa shape index (κ2) is 6.10. The van der Waals surface area contributed by atoms with Crippen LogP contribution in [0, 0.1) is 0 Å². The van der Waals surface area contributed by atoms with Crippen LogP contribution < -0.4 is 14.2 Å². The Kier molecular flexibility index (Phi) is 4.77. The molecule has 0 aliphatic rings. The summed E-state index contributed by atoms with van der Waals surface area (Å²) in [5.74, 6) is 0.929. The number of ether oxygens (including phenoxy) is 3. The normalized spacial score (nSPS) is 9.61. The van der Waals surface area contributed by atoms with Gasteiger partial charge in [0.1, 0.15) is 0 Å². The number of allylic oxidation sites excluding steroid dienone is 1. The number of hydrogen-bond acceptors (Lipinski definition) is 4. The van der Waals surface area contributed by atoms with Crippen LogP contribution in [0.25, 0.3) is 6.08 Å². The molecule has 0 spiro atoms. The summed E-state index contributed by atoms with van der Waals surface area (Å²) in [5.41, 5.74) is 1.87. The minimum absolute atomic E-state index is 0.380. The fourth-order valence-corrected chi connectivity index (χ4v) is 1.59. The first-order valence-electron chi connectivity index (χ1n) is 5.58. The van der Waals surface area contributed by atoms with Crippen molar-refractivity contribution in [2.24, 2.45) is 0 Å². The van der Waals surface area contributed by atoms with E-state index in [-0.39, 0.29) is 0 Å². The maximum atomic E-state index is 11.2. The molecule has 4 nitrogen and oxygen atoms in total. The average Bonchev–Trinajstić information content (AvgIpc) is 2.29. The highest BCUT2D eigenvalue weighted by Gasteiger charge is 2.16. The summed E-state index contributed by atoms with van der Waals surface area (Å²) in [7, 11) is 3.05. The fourth-order valence-electron chi connectivity index (χ4n) is 1.59. The molecule has 18 heavy (non-hydrogen) atoms. The van der Waals surface area contributed by atoms with Crippen molar-refractivity contribution in [1.82, 2.24) is 0 Å². The average molecular weight is 250 g/mol. The van der Waals surface area contributed by atoms with E-state index in [1.54, 1.807) is 6.07 Å². The molecule has 0 bridgehead atoms. The lowest BCUT2D eigenvalue weighted by Gasteiger charge is -2.14. The van der Waals surface area contributed by atoms with Gasteiger partial charge in [-0.25, -0.2) is 0 Å². The van der Waals surface area contributed by atoms with E-state index in [0.717, 1.165) is 11.1 Å². The summed E-state index contributed by atoms with van der Waals surface area (Å²) in [6.45, 7) is 5.29. The Balaban J connectivity index is 3.43. The number of benzene rings is 1. The van der Waals surface area contributed by atoms with Crippen molar-refractivity contribution >= 4 is 12.0 Å². The molecule has 0 N–H and O–H groups in total. The number of carbonyl (C=O) groups is 1. The van der Waals surface area contributed by atoms with Crippen LogP contribution in [0.15, 0.2) is 17.7 Å². The van der Waals surface area contributed by atoms with E-state index in [0.29, 0.717) is 17.2 Å². The summed E-state index contributed by atoms with van der Waals surface area (Å²) in [6.07, 6.45) is 1.92. The Morgan fingerprint density at radius 2 is 1.72 bits per heavy atom. The summed E-state index contributed by atoms with van der Waals surface area (Å²) in [4.78, 5) is 11.2. The molecule has 0 saturated carbocycles. The molecule has 0 saturated heterocycles. The van der Waals surface area contributed by atoms with Crippen LogP contribution in [-0.2, 0) is 4.79 Å². The van der Waals surface area contributed by atoms with Crippen LogP contribution in [0.2, 0.25) is 0 Å². The van der Waals surface area contributed by atoms with E-state index >= 15 is 0 Å². The summed E-state index contributed by atoms with van der Waals surface area (Å²) in [5, 5.41) is 0. The molecule has 0 aliphatic carbocycles. The number of carbonyl (C=O) groups excluding carboxylic acids is 1. The van der Waals surface area contributed by atoms with Gasteiger partial charge >= 0.3 is 5.97 Å². The minimum atomic E-state index is -0.398. The second-order valence-electron chi connectivity index (χ2n) is 4.03. The van der Waals surface area contributed by atoms with Crippen molar-refractivity contribution in [2.45, 2.75) is 20.8 Å². The second-order valence-corrected chi connectivity index (χ2v) is 4.03. The van der Waals surface area contributed by atoms with Gasteiger partial charge in [-0.3, -0.25) is 4.79 Å². The van der Waals surface area contributed by atoms with Crippen LogP contribution in [-0.4, -0.2) is 20.2 Å². The van der Waals surface area contributed by atoms with E-state index in [2.05, 4.69) is 0 Å². The van der Waals surface area contributed by atoms with Crippen molar-refractivity contribution in [3.8, 4) is 17.2 Å². The predicted octanol–water partition coefficient (Wildman–Crippen LogP) is 3.05. The van der Waals surface area contributed by atoms with Crippen LogP contribution in [0.3, 0.4) is 0 Å². The molecule has 0 fully saturated rings. The largest absolute Gasteiger partial charge is 0.493 e. The summed E-state index contributed by atoms with van der Waals surface area (Å²) >= 11 is 0. The van der Waals surface area contributed by atoms with Crippen molar-refractivity contribution in [3.63, 3.8) is 0 Å². The molecule has 4 heteroatoms. The zero-order chi connectivity index (χ0) is 13.7. The van der Waals surface area contributed by atoms with Crippen LogP contribution >= 0.6 is 0 Å². The molecule has 1 aromatic carbocycles. The quantitative estimate of drug-likeness (QED) is 0.608. The van der Waals surface area contributed by atoms with Crippen molar-refractivity contribution in [3.05, 3.63) is 23.3 Å². The van der Waals surface area contributed by atoms with Gasteiger partial charge in [0.2, 0.25) is 5.75 Å². The number of methoxy groups -OCH3 is 2. The zero-order valence-electron chi connectivity index (χ0n) is 11.4. The molecule has 0 atom stereocenters. The lowest BCUT2D eigenvalue weighted by molar-refractivity contribution is -0.132. The highest BCUT2D eigenvalue weighted by Crippen LogP contribution is 2.40. The third-order valence-electron chi connectivity index (χ3n) is 2.22. The SMILES string of the molecule is COc1ccc(C=C(C)C)c(OC(C)=O)c1OC. The number of rotatable bonds is 4. The Hall–Kier alpha value is -1.97. The molecular weight excluding hydrogens is 232 g/mol. The van der Waals surface area contributed by atoms with Gasteiger partial charge in [-0.15, -0.1) is 0 Å². The Labute approximate surface area is 107 Å². The monoisotopic (exact) mass is 250 g/mol. The molecule has 0 amide bonds. The lowest BCUT2D eigenvalue weighted by Crippen LogP contribution is -2.05. The van der Waals surface area contributed by atoms with Crippen molar-refractivity contribution < 1.29 is 19.0 Å². The third-order valence-corrected chi connectivity index (χ3v) is 2.22.